The molecule has 29 heavy (non-hydrogen) atoms. The molecule has 1 unspecified atom stereocenters. The van der Waals surface area contributed by atoms with Crippen LogP contribution in [0.5, 0.6) is 0 Å². The molecule has 148 valence electrons. The van der Waals surface area contributed by atoms with Gasteiger partial charge in [-0.2, -0.15) is 0 Å². The summed E-state index contributed by atoms with van der Waals surface area (Å²) in [5, 5.41) is 11.8. The van der Waals surface area contributed by atoms with Crippen molar-refractivity contribution >= 4 is 23.2 Å². The Labute approximate surface area is 170 Å². The zero-order valence-electron chi connectivity index (χ0n) is 15.1. The Balaban J connectivity index is 2.24. The first kappa shape index (κ1) is 20.2. The van der Waals surface area contributed by atoms with E-state index in [4.69, 9.17) is 17.4 Å². The molecule has 3 rings (SSSR count). The number of H-pyrrole nitrogens is 1. The average molecular weight is 413 g/mol. The van der Waals surface area contributed by atoms with Crippen molar-refractivity contribution in [2.45, 2.75) is 12.3 Å². The summed E-state index contributed by atoms with van der Waals surface area (Å²) in [5.74, 6) is 3.81. The minimum Gasteiger partial charge on any atom is -0.329 e. The molecule has 9 heteroatoms. The molecule has 8 nitrogen and oxygen atoms in total. The highest BCUT2D eigenvalue weighted by Gasteiger charge is 2.29. The van der Waals surface area contributed by atoms with Gasteiger partial charge in [0.25, 0.3) is 11.2 Å². The third-order valence-electron chi connectivity index (χ3n) is 4.53. The molecule has 1 heterocycles. The molecular formula is C20H17ClN4O4. The lowest BCUT2D eigenvalue weighted by Crippen LogP contribution is -2.38. The lowest BCUT2D eigenvalue weighted by molar-refractivity contribution is -0.384. The first-order valence-corrected chi connectivity index (χ1v) is 9.00. The van der Waals surface area contributed by atoms with Crippen LogP contribution >= 0.6 is 11.6 Å². The van der Waals surface area contributed by atoms with Gasteiger partial charge in [0.2, 0.25) is 5.91 Å². The van der Waals surface area contributed by atoms with Gasteiger partial charge in [0.15, 0.2) is 0 Å². The Hall–Kier alpha value is -3.49. The third kappa shape index (κ3) is 4.34. The van der Waals surface area contributed by atoms with E-state index < -0.39 is 22.3 Å². The molecule has 3 aromatic rings. The molecular weight excluding hydrogens is 396 g/mol. The minimum atomic E-state index is -0.971. The van der Waals surface area contributed by atoms with Gasteiger partial charge in [-0.15, -0.1) is 0 Å². The summed E-state index contributed by atoms with van der Waals surface area (Å²) < 4.78 is 0. The number of nitro benzene ring substituents is 1. The van der Waals surface area contributed by atoms with Gasteiger partial charge < -0.3 is 4.98 Å². The van der Waals surface area contributed by atoms with Crippen molar-refractivity contribution in [3.8, 4) is 11.1 Å². The second-order valence-electron chi connectivity index (χ2n) is 6.30. The van der Waals surface area contributed by atoms with Crippen molar-refractivity contribution in [1.29, 1.82) is 0 Å². The standard InChI is InChI=1S/C20H17ClN4O4/c21-13-6-7-17(25(28)29)15(11-13)14-8-9-23-20(27)18(14)16(19(26)24-22)10-12-4-2-1-3-5-12/h1-9,11,16H,10,22H2,(H,23,27)(H,24,26). The molecule has 0 aliphatic heterocycles. The van der Waals surface area contributed by atoms with Crippen LogP contribution in [-0.4, -0.2) is 15.8 Å². The monoisotopic (exact) mass is 412 g/mol. The Kier molecular flexibility index (Phi) is 6.06. The number of hydrazine groups is 1. The van der Waals surface area contributed by atoms with Crippen molar-refractivity contribution in [2.75, 3.05) is 0 Å². The highest BCUT2D eigenvalue weighted by atomic mass is 35.5. The smallest absolute Gasteiger partial charge is 0.277 e. The normalized spacial score (nSPS) is 11.7. The van der Waals surface area contributed by atoms with E-state index in [9.17, 15) is 19.7 Å². The van der Waals surface area contributed by atoms with Gasteiger partial charge in [-0.3, -0.25) is 25.1 Å². The number of aromatic nitrogens is 1. The van der Waals surface area contributed by atoms with Gasteiger partial charge in [0.05, 0.1) is 16.4 Å². The number of hydrogen-bond donors (Lipinski definition) is 3. The van der Waals surface area contributed by atoms with Crippen LogP contribution < -0.4 is 16.8 Å². The van der Waals surface area contributed by atoms with Crippen molar-refractivity contribution in [1.82, 2.24) is 10.4 Å². The van der Waals surface area contributed by atoms with E-state index in [0.717, 1.165) is 5.56 Å². The number of nitrogens with zero attached hydrogens (tertiary/aromatic N) is 1. The number of hydrogen-bond acceptors (Lipinski definition) is 5. The lowest BCUT2D eigenvalue weighted by Gasteiger charge is -2.18. The van der Waals surface area contributed by atoms with E-state index in [-0.39, 0.29) is 33.8 Å². The maximum absolute atomic E-state index is 12.8. The van der Waals surface area contributed by atoms with Crippen LogP contribution in [-0.2, 0) is 11.2 Å². The molecule has 0 saturated carbocycles. The van der Waals surface area contributed by atoms with Crippen molar-refractivity contribution in [3.05, 3.63) is 97.4 Å². The number of halogens is 1. The number of carbonyl (C=O) groups is 1. The molecule has 1 aromatic heterocycles. The van der Waals surface area contributed by atoms with Gasteiger partial charge in [-0.05, 0) is 35.7 Å². The molecule has 1 amide bonds. The highest BCUT2D eigenvalue weighted by molar-refractivity contribution is 6.31. The number of pyridine rings is 1. The maximum Gasteiger partial charge on any atom is 0.277 e. The molecule has 0 aliphatic carbocycles. The number of benzene rings is 2. The van der Waals surface area contributed by atoms with Gasteiger partial charge in [0, 0.05) is 22.8 Å². The first-order chi connectivity index (χ1) is 13.9. The van der Waals surface area contributed by atoms with E-state index in [2.05, 4.69) is 10.4 Å². The molecule has 0 spiro atoms. The Bertz CT molecular complexity index is 1110. The molecule has 0 fully saturated rings. The maximum atomic E-state index is 12.8. The van der Waals surface area contributed by atoms with Crippen LogP contribution in [0.25, 0.3) is 11.1 Å². The Morgan fingerprint density at radius 2 is 1.90 bits per heavy atom. The van der Waals surface area contributed by atoms with Gasteiger partial charge in [0.1, 0.15) is 0 Å². The van der Waals surface area contributed by atoms with E-state index in [0.29, 0.717) is 0 Å². The number of amides is 1. The molecule has 0 bridgehead atoms. The fourth-order valence-electron chi connectivity index (χ4n) is 3.23. The average Bonchev–Trinajstić information content (AvgIpc) is 2.72. The number of nitro groups is 1. The van der Waals surface area contributed by atoms with Crippen molar-refractivity contribution < 1.29 is 9.72 Å². The number of nitrogens with two attached hydrogens (primary N) is 1. The number of rotatable bonds is 6. The van der Waals surface area contributed by atoms with Crippen molar-refractivity contribution in [3.63, 3.8) is 0 Å². The minimum absolute atomic E-state index is 0.0738. The van der Waals surface area contributed by atoms with E-state index in [1.54, 1.807) is 0 Å². The van der Waals surface area contributed by atoms with Gasteiger partial charge >= 0.3 is 0 Å². The number of nitrogens with one attached hydrogen (secondary N) is 2. The fraction of sp³-hybridized carbons (Fsp3) is 0.100. The molecule has 1 atom stereocenters. The number of carbonyl (C=O) groups excluding carboxylic acids is 1. The lowest BCUT2D eigenvalue weighted by atomic mass is 9.86. The van der Waals surface area contributed by atoms with E-state index in [1.165, 1.54) is 30.5 Å². The van der Waals surface area contributed by atoms with Gasteiger partial charge in [-0.1, -0.05) is 41.9 Å². The molecule has 0 saturated heterocycles. The summed E-state index contributed by atoms with van der Waals surface area (Å²) >= 11 is 6.05. The summed E-state index contributed by atoms with van der Waals surface area (Å²) in [6, 6.07) is 14.6. The van der Waals surface area contributed by atoms with Crippen LogP contribution in [0, 0.1) is 10.1 Å². The fourth-order valence-corrected chi connectivity index (χ4v) is 3.40. The highest BCUT2D eigenvalue weighted by Crippen LogP contribution is 2.36. The molecule has 0 radical (unpaired) electrons. The summed E-state index contributed by atoms with van der Waals surface area (Å²) in [5.41, 5.74) is 2.58. The van der Waals surface area contributed by atoms with Crippen LogP contribution in [0.4, 0.5) is 5.69 Å². The second kappa shape index (κ2) is 8.68. The largest absolute Gasteiger partial charge is 0.329 e. The summed E-state index contributed by atoms with van der Waals surface area (Å²) in [7, 11) is 0. The third-order valence-corrected chi connectivity index (χ3v) is 4.77. The summed E-state index contributed by atoms with van der Waals surface area (Å²) in [6.07, 6.45) is 1.55. The number of aromatic amines is 1. The second-order valence-corrected chi connectivity index (χ2v) is 6.74. The zero-order chi connectivity index (χ0) is 21.0. The SMILES string of the molecule is NNC(=O)C(Cc1ccccc1)c1c(-c2cc(Cl)ccc2[N+](=O)[O-])cc[nH]c1=O. The predicted octanol–water partition coefficient (Wildman–Crippen LogP) is 2.92. The van der Waals surface area contributed by atoms with E-state index in [1.807, 2.05) is 30.3 Å². The topological polar surface area (TPSA) is 131 Å². The summed E-state index contributed by atoms with van der Waals surface area (Å²) in [4.78, 5) is 38.8. The van der Waals surface area contributed by atoms with Crippen molar-refractivity contribution in [2.24, 2.45) is 5.84 Å². The summed E-state index contributed by atoms with van der Waals surface area (Å²) in [6.45, 7) is 0. The molecule has 0 aliphatic rings. The Morgan fingerprint density at radius 3 is 2.55 bits per heavy atom. The van der Waals surface area contributed by atoms with E-state index >= 15 is 0 Å². The van der Waals surface area contributed by atoms with Crippen LogP contribution in [0.15, 0.2) is 65.6 Å². The van der Waals surface area contributed by atoms with Crippen LogP contribution in [0.3, 0.4) is 0 Å². The molecule has 4 N–H and O–H groups in total. The van der Waals surface area contributed by atoms with Crippen LogP contribution in [0.2, 0.25) is 5.02 Å². The van der Waals surface area contributed by atoms with Crippen LogP contribution in [0.1, 0.15) is 17.0 Å². The van der Waals surface area contributed by atoms with Gasteiger partial charge in [-0.25, -0.2) is 5.84 Å². The quantitative estimate of drug-likeness (QED) is 0.248. The first-order valence-electron chi connectivity index (χ1n) is 8.62. The predicted molar refractivity (Wildman–Crippen MR) is 109 cm³/mol. The Morgan fingerprint density at radius 1 is 1.17 bits per heavy atom. The zero-order valence-corrected chi connectivity index (χ0v) is 15.8. The molecule has 2 aromatic carbocycles.